The normalized spacial score (nSPS) is 24.5. The second-order valence-corrected chi connectivity index (χ2v) is 10.1. The molecule has 1 aromatic heterocycles. The van der Waals surface area contributed by atoms with Crippen LogP contribution in [-0.2, 0) is 9.53 Å². The molecule has 2 fully saturated rings. The van der Waals surface area contributed by atoms with Crippen molar-refractivity contribution in [3.8, 4) is 5.75 Å². The van der Waals surface area contributed by atoms with Gasteiger partial charge in [-0.3, -0.25) is 14.4 Å². The van der Waals surface area contributed by atoms with Gasteiger partial charge >= 0.3 is 0 Å². The molecule has 4 heterocycles. The number of anilines is 1. The molecule has 5 rings (SSSR count). The number of likely N-dealkylation sites (N-methyl/N-ethyl adjacent to an activating group) is 1. The van der Waals surface area contributed by atoms with E-state index in [1.165, 1.54) is 17.8 Å². The van der Waals surface area contributed by atoms with Crippen molar-refractivity contribution in [2.75, 3.05) is 32.1 Å². The molecule has 0 bridgehead atoms. The minimum atomic E-state index is -0.329. The van der Waals surface area contributed by atoms with Gasteiger partial charge in [-0.1, -0.05) is 0 Å². The number of nitrogens with one attached hydrogen (secondary N) is 1. The number of thiazole rings is 1. The first-order valence-corrected chi connectivity index (χ1v) is 13.1. The summed E-state index contributed by atoms with van der Waals surface area (Å²) < 4.78 is 12.3. The lowest BCUT2D eigenvalue weighted by Gasteiger charge is -2.42. The zero-order valence-electron chi connectivity index (χ0n) is 19.8. The zero-order chi connectivity index (χ0) is 24.4. The Balaban J connectivity index is 1.27. The SMILES string of the molecule is CN1C(=O)c2cc(NC(=O)c3cscn3)ccc2OC[C@@H]2O[C@H](CC(=O)N3CCCCC3)CC[C@H]21. The van der Waals surface area contributed by atoms with Crippen molar-refractivity contribution in [2.24, 2.45) is 0 Å². The largest absolute Gasteiger partial charge is 0.490 e. The van der Waals surface area contributed by atoms with E-state index >= 15 is 0 Å². The second-order valence-electron chi connectivity index (χ2n) is 9.35. The first-order valence-electron chi connectivity index (χ1n) is 12.2. The van der Waals surface area contributed by atoms with Gasteiger partial charge < -0.3 is 24.6 Å². The van der Waals surface area contributed by atoms with Crippen molar-refractivity contribution in [2.45, 2.75) is 56.8 Å². The molecule has 0 unspecified atom stereocenters. The Morgan fingerprint density at radius 1 is 1.20 bits per heavy atom. The number of hydrogen-bond donors (Lipinski definition) is 1. The summed E-state index contributed by atoms with van der Waals surface area (Å²) in [5.74, 6) is 0.0829. The van der Waals surface area contributed by atoms with E-state index in [2.05, 4.69) is 10.3 Å². The van der Waals surface area contributed by atoms with Gasteiger partial charge in [0, 0.05) is 31.2 Å². The summed E-state index contributed by atoms with van der Waals surface area (Å²) >= 11 is 1.34. The Kier molecular flexibility index (Phi) is 7.01. The number of carbonyl (C=O) groups excluding carboxylic acids is 3. The van der Waals surface area contributed by atoms with Crippen molar-refractivity contribution >= 4 is 34.7 Å². The molecule has 1 aromatic carbocycles. The summed E-state index contributed by atoms with van der Waals surface area (Å²) in [5, 5.41) is 4.46. The molecule has 35 heavy (non-hydrogen) atoms. The maximum absolute atomic E-state index is 13.4. The lowest BCUT2D eigenvalue weighted by atomic mass is 9.94. The molecular formula is C25H30N4O5S. The van der Waals surface area contributed by atoms with Crippen molar-refractivity contribution in [3.63, 3.8) is 0 Å². The molecule has 3 atom stereocenters. The lowest BCUT2D eigenvalue weighted by Crippen LogP contribution is -2.54. The lowest BCUT2D eigenvalue weighted by molar-refractivity contribution is -0.143. The number of aromatic nitrogens is 1. The summed E-state index contributed by atoms with van der Waals surface area (Å²) in [5.41, 5.74) is 2.82. The fourth-order valence-corrected chi connectivity index (χ4v) is 5.62. The van der Waals surface area contributed by atoms with Gasteiger partial charge in [-0.15, -0.1) is 11.3 Å². The topological polar surface area (TPSA) is 101 Å². The fourth-order valence-electron chi connectivity index (χ4n) is 5.09. The Labute approximate surface area is 208 Å². The monoisotopic (exact) mass is 498 g/mol. The fraction of sp³-hybridized carbons (Fsp3) is 0.520. The Hall–Kier alpha value is -2.98. The van der Waals surface area contributed by atoms with Crippen LogP contribution in [0.25, 0.3) is 0 Å². The number of fused-ring (bicyclic) bond motifs is 2. The first kappa shape index (κ1) is 23.7. The maximum atomic E-state index is 13.4. The standard InChI is InChI=1S/C25H30N4O5S/c1-28-20-7-6-17(12-23(30)29-9-3-2-4-10-29)34-22(20)13-33-21-8-5-16(11-18(21)25(28)32)27-24(31)19-14-35-15-26-19/h5,8,11,14-15,17,20,22H,2-4,6-7,9-10,12-13H2,1H3,(H,27,31)/t17-,20+,22-/m0/s1. The van der Waals surface area contributed by atoms with Crippen LogP contribution in [0, 0.1) is 0 Å². The molecule has 0 saturated carbocycles. The van der Waals surface area contributed by atoms with Crippen LogP contribution in [0.2, 0.25) is 0 Å². The third kappa shape index (κ3) is 5.18. The molecule has 0 spiro atoms. The summed E-state index contributed by atoms with van der Waals surface area (Å²) in [6, 6.07) is 4.89. The third-order valence-electron chi connectivity index (χ3n) is 7.05. The van der Waals surface area contributed by atoms with Gasteiger partial charge in [0.15, 0.2) is 0 Å². The van der Waals surface area contributed by atoms with E-state index in [0.717, 1.165) is 38.8 Å². The Morgan fingerprint density at radius 2 is 2.03 bits per heavy atom. The number of piperidine rings is 1. The van der Waals surface area contributed by atoms with E-state index in [1.54, 1.807) is 41.0 Å². The van der Waals surface area contributed by atoms with Crippen LogP contribution in [0.1, 0.15) is 59.4 Å². The minimum absolute atomic E-state index is 0.148. The van der Waals surface area contributed by atoms with Gasteiger partial charge in [0.2, 0.25) is 5.91 Å². The zero-order valence-corrected chi connectivity index (χ0v) is 20.6. The summed E-state index contributed by atoms with van der Waals surface area (Å²) in [6.45, 7) is 1.95. The van der Waals surface area contributed by atoms with Gasteiger partial charge in [-0.2, -0.15) is 0 Å². The summed E-state index contributed by atoms with van der Waals surface area (Å²) in [6.07, 6.45) is 4.68. The van der Waals surface area contributed by atoms with Crippen LogP contribution < -0.4 is 10.1 Å². The number of hydrogen-bond acceptors (Lipinski definition) is 7. The number of rotatable bonds is 4. The van der Waals surface area contributed by atoms with Crippen LogP contribution in [0.3, 0.4) is 0 Å². The summed E-state index contributed by atoms with van der Waals surface area (Å²) in [4.78, 5) is 46.2. The average Bonchev–Trinajstić information content (AvgIpc) is 3.42. The average molecular weight is 499 g/mol. The van der Waals surface area contributed by atoms with Gasteiger partial charge in [0.25, 0.3) is 11.8 Å². The minimum Gasteiger partial charge on any atom is -0.490 e. The molecule has 3 aliphatic heterocycles. The quantitative estimate of drug-likeness (QED) is 0.695. The van der Waals surface area contributed by atoms with Crippen molar-refractivity contribution in [1.82, 2.24) is 14.8 Å². The smallest absolute Gasteiger partial charge is 0.275 e. The highest BCUT2D eigenvalue weighted by atomic mass is 32.1. The molecular weight excluding hydrogens is 468 g/mol. The number of carbonyl (C=O) groups is 3. The van der Waals surface area contributed by atoms with E-state index in [4.69, 9.17) is 9.47 Å². The number of likely N-dealkylation sites (tertiary alicyclic amines) is 1. The van der Waals surface area contributed by atoms with Crippen LogP contribution in [-0.4, -0.2) is 77.5 Å². The third-order valence-corrected chi connectivity index (χ3v) is 7.63. The van der Waals surface area contributed by atoms with Crippen LogP contribution >= 0.6 is 11.3 Å². The molecule has 10 heteroatoms. The predicted molar refractivity (Wildman–Crippen MR) is 131 cm³/mol. The van der Waals surface area contributed by atoms with Crippen LogP contribution in [0.15, 0.2) is 29.1 Å². The summed E-state index contributed by atoms with van der Waals surface area (Å²) in [7, 11) is 1.78. The van der Waals surface area contributed by atoms with E-state index in [0.29, 0.717) is 29.1 Å². The predicted octanol–water partition coefficient (Wildman–Crippen LogP) is 3.18. The molecule has 2 saturated heterocycles. The Morgan fingerprint density at radius 3 is 2.80 bits per heavy atom. The first-order chi connectivity index (χ1) is 17.0. The van der Waals surface area contributed by atoms with Crippen molar-refractivity contribution in [3.05, 3.63) is 40.3 Å². The van der Waals surface area contributed by atoms with Crippen molar-refractivity contribution in [1.29, 1.82) is 0 Å². The molecule has 2 aromatic rings. The van der Waals surface area contributed by atoms with Gasteiger partial charge in [0.05, 0.1) is 29.6 Å². The molecule has 1 N–H and O–H groups in total. The highest BCUT2D eigenvalue weighted by Gasteiger charge is 2.39. The number of amides is 3. The molecule has 9 nitrogen and oxygen atoms in total. The van der Waals surface area contributed by atoms with Crippen molar-refractivity contribution < 1.29 is 23.9 Å². The van der Waals surface area contributed by atoms with Gasteiger partial charge in [-0.05, 0) is 50.3 Å². The highest BCUT2D eigenvalue weighted by Crippen LogP contribution is 2.33. The maximum Gasteiger partial charge on any atom is 0.275 e. The van der Waals surface area contributed by atoms with E-state index in [1.807, 2.05) is 4.90 Å². The number of benzene rings is 1. The Bertz CT molecular complexity index is 1090. The van der Waals surface area contributed by atoms with E-state index in [-0.39, 0.29) is 42.6 Å². The number of nitrogens with zero attached hydrogens (tertiary/aromatic N) is 3. The number of ether oxygens (including phenoxy) is 2. The highest BCUT2D eigenvalue weighted by molar-refractivity contribution is 7.07. The van der Waals surface area contributed by atoms with E-state index in [9.17, 15) is 14.4 Å². The molecule has 0 radical (unpaired) electrons. The molecule has 186 valence electrons. The van der Waals surface area contributed by atoms with Gasteiger partial charge in [0.1, 0.15) is 24.2 Å². The van der Waals surface area contributed by atoms with E-state index < -0.39 is 0 Å². The molecule has 0 aliphatic carbocycles. The molecule has 3 aliphatic rings. The molecule has 3 amide bonds. The van der Waals surface area contributed by atoms with Gasteiger partial charge in [-0.25, -0.2) is 4.98 Å². The second kappa shape index (κ2) is 10.3. The van der Waals surface area contributed by atoms with Crippen LogP contribution in [0.4, 0.5) is 5.69 Å². The van der Waals surface area contributed by atoms with Crippen LogP contribution in [0.5, 0.6) is 5.75 Å².